The van der Waals surface area contributed by atoms with E-state index in [1.54, 1.807) is 0 Å². The highest BCUT2D eigenvalue weighted by Crippen LogP contribution is 2.32. The summed E-state index contributed by atoms with van der Waals surface area (Å²) >= 11 is 0. The Labute approximate surface area is 152 Å². The highest BCUT2D eigenvalue weighted by atomic mass is 15.0. The summed E-state index contributed by atoms with van der Waals surface area (Å²) in [5.41, 5.74) is 5.52. The molecule has 1 radical (unpaired) electrons. The van der Waals surface area contributed by atoms with Gasteiger partial charge in [-0.3, -0.25) is 0 Å². The Morgan fingerprint density at radius 1 is 0.462 bits per heavy atom. The molecule has 5 aromatic rings. The molecular formula is C24H17N2. The highest BCUT2D eigenvalue weighted by Gasteiger charge is 2.11. The van der Waals surface area contributed by atoms with Gasteiger partial charge >= 0.3 is 0 Å². The lowest BCUT2D eigenvalue weighted by molar-refractivity contribution is 1.15. The molecule has 26 heavy (non-hydrogen) atoms. The van der Waals surface area contributed by atoms with E-state index in [2.05, 4.69) is 82.7 Å². The van der Waals surface area contributed by atoms with Crippen LogP contribution < -0.4 is 5.32 Å². The van der Waals surface area contributed by atoms with Crippen LogP contribution in [-0.4, -0.2) is 4.57 Å². The fourth-order valence-corrected chi connectivity index (χ4v) is 3.53. The van der Waals surface area contributed by atoms with Crippen LogP contribution in [0.2, 0.25) is 0 Å². The predicted octanol–water partition coefficient (Wildman–Crippen LogP) is 6.35. The molecule has 0 unspecified atom stereocenters. The molecule has 2 heteroatoms. The number of hydrogen-bond acceptors (Lipinski definition) is 0. The van der Waals surface area contributed by atoms with Gasteiger partial charge in [-0.2, -0.15) is 0 Å². The average molecular weight is 333 g/mol. The van der Waals surface area contributed by atoms with E-state index in [-0.39, 0.29) is 0 Å². The minimum absolute atomic E-state index is 0.959. The summed E-state index contributed by atoms with van der Waals surface area (Å²) in [4.78, 5) is 0. The molecule has 2 nitrogen and oxygen atoms in total. The zero-order valence-electron chi connectivity index (χ0n) is 14.2. The molecule has 0 saturated heterocycles. The van der Waals surface area contributed by atoms with E-state index >= 15 is 0 Å². The van der Waals surface area contributed by atoms with E-state index < -0.39 is 0 Å². The number of nitrogens with zero attached hydrogens (tertiary/aromatic N) is 2. The third-order valence-electron chi connectivity index (χ3n) is 4.70. The van der Waals surface area contributed by atoms with E-state index in [9.17, 15) is 0 Å². The zero-order chi connectivity index (χ0) is 17.3. The minimum Gasteiger partial charge on any atom is -0.309 e. The van der Waals surface area contributed by atoms with Crippen LogP contribution in [0.15, 0.2) is 103 Å². The molecule has 0 atom stereocenters. The smallest absolute Gasteiger partial charge is 0.0638 e. The van der Waals surface area contributed by atoms with Gasteiger partial charge < -0.3 is 4.57 Å². The lowest BCUT2D eigenvalue weighted by Crippen LogP contribution is -1.94. The number of aromatic nitrogens is 1. The van der Waals surface area contributed by atoms with Crippen LogP contribution in [0.1, 0.15) is 0 Å². The summed E-state index contributed by atoms with van der Waals surface area (Å²) in [5, 5.41) is 7.24. The standard InChI is InChI=1S/C24H17N2/c1-2-8-18(9-3-1)25-19-14-16-20(17-15-19)26-23-12-6-4-10-21(23)22-11-5-7-13-24(22)26/h1-17H. The van der Waals surface area contributed by atoms with Gasteiger partial charge in [0.2, 0.25) is 0 Å². The Balaban J connectivity index is 1.61. The molecule has 0 saturated carbocycles. The van der Waals surface area contributed by atoms with Gasteiger partial charge in [-0.25, -0.2) is 5.32 Å². The normalized spacial score (nSPS) is 11.1. The second kappa shape index (κ2) is 6.08. The van der Waals surface area contributed by atoms with Gasteiger partial charge in [-0.15, -0.1) is 0 Å². The number of fused-ring (bicyclic) bond motifs is 3. The van der Waals surface area contributed by atoms with Crippen molar-refractivity contribution in [1.29, 1.82) is 0 Å². The van der Waals surface area contributed by atoms with Crippen LogP contribution in [0.5, 0.6) is 0 Å². The van der Waals surface area contributed by atoms with Crippen molar-refractivity contribution in [2.24, 2.45) is 0 Å². The molecule has 0 spiro atoms. The van der Waals surface area contributed by atoms with Crippen molar-refractivity contribution in [3.05, 3.63) is 103 Å². The van der Waals surface area contributed by atoms with Crippen LogP contribution in [0, 0.1) is 0 Å². The van der Waals surface area contributed by atoms with Crippen LogP contribution in [0.3, 0.4) is 0 Å². The third-order valence-corrected chi connectivity index (χ3v) is 4.70. The molecule has 0 aliphatic heterocycles. The van der Waals surface area contributed by atoms with Gasteiger partial charge in [-0.05, 0) is 48.5 Å². The van der Waals surface area contributed by atoms with Crippen molar-refractivity contribution in [3.63, 3.8) is 0 Å². The fraction of sp³-hybridized carbons (Fsp3) is 0. The first-order chi connectivity index (χ1) is 12.9. The second-order valence-electron chi connectivity index (χ2n) is 6.33. The first kappa shape index (κ1) is 14.8. The summed E-state index contributed by atoms with van der Waals surface area (Å²) in [6.07, 6.45) is 0. The van der Waals surface area contributed by atoms with E-state index in [0.717, 1.165) is 17.1 Å². The summed E-state index contributed by atoms with van der Waals surface area (Å²) in [6.45, 7) is 0. The fourth-order valence-electron chi connectivity index (χ4n) is 3.53. The maximum absolute atomic E-state index is 4.68. The van der Waals surface area contributed by atoms with Crippen molar-refractivity contribution in [2.75, 3.05) is 0 Å². The van der Waals surface area contributed by atoms with Gasteiger partial charge in [0.05, 0.1) is 22.4 Å². The lowest BCUT2D eigenvalue weighted by Gasteiger charge is -2.09. The molecule has 0 bridgehead atoms. The maximum Gasteiger partial charge on any atom is 0.0638 e. The molecule has 5 rings (SSSR count). The highest BCUT2D eigenvalue weighted by molar-refractivity contribution is 6.09. The molecule has 0 aliphatic carbocycles. The van der Waals surface area contributed by atoms with Gasteiger partial charge in [0.25, 0.3) is 0 Å². The topological polar surface area (TPSA) is 19.0 Å². The van der Waals surface area contributed by atoms with E-state index in [0.29, 0.717) is 0 Å². The molecule has 123 valence electrons. The quantitative estimate of drug-likeness (QED) is 0.366. The number of rotatable bonds is 3. The lowest BCUT2D eigenvalue weighted by atomic mass is 10.2. The minimum atomic E-state index is 0.959. The summed E-state index contributed by atoms with van der Waals surface area (Å²) in [6, 6.07) is 35.6. The number of hydrogen-bond donors (Lipinski definition) is 0. The Hall–Kier alpha value is -3.52. The second-order valence-corrected chi connectivity index (χ2v) is 6.33. The van der Waals surface area contributed by atoms with Crippen molar-refractivity contribution in [1.82, 2.24) is 9.88 Å². The SMILES string of the molecule is c1ccc([N]c2ccc(-n3c4ccccc4c4ccccc43)cc2)cc1. The summed E-state index contributed by atoms with van der Waals surface area (Å²) in [7, 11) is 0. The van der Waals surface area contributed by atoms with E-state index in [1.165, 1.54) is 21.8 Å². The Morgan fingerprint density at radius 3 is 1.58 bits per heavy atom. The largest absolute Gasteiger partial charge is 0.309 e. The van der Waals surface area contributed by atoms with Crippen molar-refractivity contribution in [3.8, 4) is 5.69 Å². The molecule has 4 aromatic carbocycles. The molecule has 0 amide bonds. The Kier molecular flexibility index (Phi) is 3.46. The van der Waals surface area contributed by atoms with Crippen molar-refractivity contribution in [2.45, 2.75) is 0 Å². The predicted molar refractivity (Wildman–Crippen MR) is 109 cm³/mol. The van der Waals surface area contributed by atoms with Gasteiger partial charge in [0, 0.05) is 16.5 Å². The number of para-hydroxylation sites is 3. The Bertz CT molecular complexity index is 1130. The van der Waals surface area contributed by atoms with Crippen LogP contribution in [0.4, 0.5) is 11.4 Å². The monoisotopic (exact) mass is 333 g/mol. The van der Waals surface area contributed by atoms with Gasteiger partial charge in [-0.1, -0.05) is 54.6 Å². The van der Waals surface area contributed by atoms with Gasteiger partial charge in [0.15, 0.2) is 0 Å². The van der Waals surface area contributed by atoms with Crippen LogP contribution >= 0.6 is 0 Å². The molecule has 1 heterocycles. The summed E-state index contributed by atoms with van der Waals surface area (Å²) in [5.74, 6) is 0. The Morgan fingerprint density at radius 2 is 0.962 bits per heavy atom. The van der Waals surface area contributed by atoms with E-state index in [4.69, 9.17) is 0 Å². The van der Waals surface area contributed by atoms with Crippen LogP contribution in [-0.2, 0) is 0 Å². The molecular weight excluding hydrogens is 316 g/mol. The first-order valence-electron chi connectivity index (χ1n) is 8.75. The van der Waals surface area contributed by atoms with Crippen molar-refractivity contribution < 1.29 is 0 Å². The zero-order valence-corrected chi connectivity index (χ0v) is 14.2. The molecule has 0 aliphatic rings. The van der Waals surface area contributed by atoms with E-state index in [1.807, 2.05) is 30.3 Å². The first-order valence-corrected chi connectivity index (χ1v) is 8.75. The average Bonchev–Trinajstić information content (AvgIpc) is 3.04. The van der Waals surface area contributed by atoms with Gasteiger partial charge in [0.1, 0.15) is 0 Å². The molecule has 0 N–H and O–H groups in total. The number of benzene rings is 4. The van der Waals surface area contributed by atoms with Crippen molar-refractivity contribution >= 4 is 33.2 Å². The summed E-state index contributed by atoms with van der Waals surface area (Å²) < 4.78 is 2.32. The molecule has 1 aromatic heterocycles. The third kappa shape index (κ3) is 2.44. The van der Waals surface area contributed by atoms with Crippen LogP contribution in [0.25, 0.3) is 27.5 Å². The molecule has 0 fully saturated rings. The maximum atomic E-state index is 4.68.